The van der Waals surface area contributed by atoms with Crippen LogP contribution in [0.3, 0.4) is 0 Å². The van der Waals surface area contributed by atoms with Crippen LogP contribution in [0.2, 0.25) is 0 Å². The van der Waals surface area contributed by atoms with E-state index in [2.05, 4.69) is 31.2 Å². The van der Waals surface area contributed by atoms with E-state index in [1.165, 1.54) is 11.1 Å². The minimum atomic E-state index is 0.475. The van der Waals surface area contributed by atoms with Gasteiger partial charge in [-0.25, -0.2) is 0 Å². The number of nitrogens with two attached hydrogens (primary N) is 1. The maximum Gasteiger partial charge on any atom is 0.117 e. The highest BCUT2D eigenvalue weighted by molar-refractivity contribution is 7.97. The van der Waals surface area contributed by atoms with Crippen LogP contribution in [0.4, 0.5) is 0 Å². The Kier molecular flexibility index (Phi) is 4.29. The second kappa shape index (κ2) is 5.94. The summed E-state index contributed by atoms with van der Waals surface area (Å²) in [5.74, 6) is 3.78. The van der Waals surface area contributed by atoms with Crippen molar-refractivity contribution < 1.29 is 4.42 Å². The minimum absolute atomic E-state index is 0.475. The molecule has 0 saturated heterocycles. The van der Waals surface area contributed by atoms with Crippen molar-refractivity contribution in [1.29, 1.82) is 0 Å². The van der Waals surface area contributed by atoms with E-state index in [4.69, 9.17) is 10.2 Å². The third kappa shape index (κ3) is 3.38. The highest BCUT2D eigenvalue weighted by Gasteiger charge is 2.02. The quantitative estimate of drug-likeness (QED) is 0.879. The summed E-state index contributed by atoms with van der Waals surface area (Å²) < 4.78 is 5.56. The summed E-state index contributed by atoms with van der Waals surface area (Å²) >= 11 is 1.86. The Hall–Kier alpha value is -1.19. The maximum absolute atomic E-state index is 5.56. The van der Waals surface area contributed by atoms with E-state index in [1.54, 1.807) is 0 Å². The standard InChI is InChI=1S/C14H17NOS/c1-11-4-2-3-5-12(11)9-17-10-14-7-6-13(8-15)16-14/h2-7H,8-10,15H2,1H3. The summed E-state index contributed by atoms with van der Waals surface area (Å²) in [4.78, 5) is 0. The average Bonchev–Trinajstić information content (AvgIpc) is 2.80. The second-order valence-corrected chi connectivity index (χ2v) is 4.98. The molecule has 2 N–H and O–H groups in total. The lowest BCUT2D eigenvalue weighted by molar-refractivity contribution is 0.482. The molecule has 0 aliphatic carbocycles. The monoisotopic (exact) mass is 247 g/mol. The third-order valence-electron chi connectivity index (χ3n) is 2.68. The van der Waals surface area contributed by atoms with Crippen molar-refractivity contribution in [2.75, 3.05) is 0 Å². The Bertz CT molecular complexity index is 479. The zero-order chi connectivity index (χ0) is 12.1. The molecular weight excluding hydrogens is 230 g/mol. The van der Waals surface area contributed by atoms with E-state index in [0.717, 1.165) is 23.0 Å². The van der Waals surface area contributed by atoms with E-state index in [-0.39, 0.29) is 0 Å². The van der Waals surface area contributed by atoms with Crippen molar-refractivity contribution in [2.24, 2.45) is 5.73 Å². The normalized spacial score (nSPS) is 10.7. The smallest absolute Gasteiger partial charge is 0.117 e. The van der Waals surface area contributed by atoms with Gasteiger partial charge < -0.3 is 10.2 Å². The number of furan rings is 1. The minimum Gasteiger partial charge on any atom is -0.464 e. The molecular formula is C14H17NOS. The molecule has 0 aliphatic heterocycles. The van der Waals surface area contributed by atoms with Gasteiger partial charge in [0.05, 0.1) is 12.3 Å². The van der Waals surface area contributed by atoms with Gasteiger partial charge in [-0.1, -0.05) is 24.3 Å². The molecule has 3 heteroatoms. The number of rotatable bonds is 5. The molecule has 1 aromatic carbocycles. The van der Waals surface area contributed by atoms with Crippen LogP contribution < -0.4 is 5.73 Å². The summed E-state index contributed by atoms with van der Waals surface area (Å²) in [7, 11) is 0. The van der Waals surface area contributed by atoms with E-state index in [0.29, 0.717) is 6.54 Å². The molecule has 0 amide bonds. The van der Waals surface area contributed by atoms with Gasteiger partial charge in [0.15, 0.2) is 0 Å². The molecule has 0 atom stereocenters. The van der Waals surface area contributed by atoms with Crippen molar-refractivity contribution in [3.8, 4) is 0 Å². The van der Waals surface area contributed by atoms with Gasteiger partial charge in [0, 0.05) is 5.75 Å². The molecule has 0 aliphatic rings. The fourth-order valence-corrected chi connectivity index (χ4v) is 2.65. The molecule has 17 heavy (non-hydrogen) atoms. The summed E-state index contributed by atoms with van der Waals surface area (Å²) in [5, 5.41) is 0. The number of hydrogen-bond donors (Lipinski definition) is 1. The van der Waals surface area contributed by atoms with Gasteiger partial charge in [-0.3, -0.25) is 0 Å². The molecule has 2 rings (SSSR count). The van der Waals surface area contributed by atoms with Gasteiger partial charge >= 0.3 is 0 Å². The summed E-state index contributed by atoms with van der Waals surface area (Å²) in [6.07, 6.45) is 0. The van der Waals surface area contributed by atoms with Crippen LogP contribution in [0.1, 0.15) is 22.6 Å². The SMILES string of the molecule is Cc1ccccc1CSCc1ccc(CN)o1. The first-order chi connectivity index (χ1) is 8.29. The van der Waals surface area contributed by atoms with Crippen LogP contribution in [0.5, 0.6) is 0 Å². The van der Waals surface area contributed by atoms with Gasteiger partial charge in [-0.2, -0.15) is 0 Å². The number of hydrogen-bond acceptors (Lipinski definition) is 3. The number of benzene rings is 1. The molecule has 0 saturated carbocycles. The Labute approximate surface area is 106 Å². The molecule has 0 unspecified atom stereocenters. The summed E-state index contributed by atoms with van der Waals surface area (Å²) in [6.45, 7) is 2.62. The van der Waals surface area contributed by atoms with E-state index >= 15 is 0 Å². The molecule has 2 nitrogen and oxygen atoms in total. The molecule has 0 spiro atoms. The third-order valence-corrected chi connectivity index (χ3v) is 3.69. The van der Waals surface area contributed by atoms with Crippen LogP contribution in [0.25, 0.3) is 0 Å². The first-order valence-electron chi connectivity index (χ1n) is 5.69. The van der Waals surface area contributed by atoms with Crippen LogP contribution in [0, 0.1) is 6.92 Å². The van der Waals surface area contributed by atoms with Crippen molar-refractivity contribution in [2.45, 2.75) is 25.0 Å². The highest BCUT2D eigenvalue weighted by atomic mass is 32.2. The lowest BCUT2D eigenvalue weighted by Crippen LogP contribution is -1.92. The van der Waals surface area contributed by atoms with Gasteiger partial charge in [0.1, 0.15) is 11.5 Å². The highest BCUT2D eigenvalue weighted by Crippen LogP contribution is 2.21. The van der Waals surface area contributed by atoms with Crippen molar-refractivity contribution in [3.05, 3.63) is 59.0 Å². The fourth-order valence-electron chi connectivity index (χ4n) is 1.64. The van der Waals surface area contributed by atoms with Gasteiger partial charge in [0.25, 0.3) is 0 Å². The van der Waals surface area contributed by atoms with Crippen molar-refractivity contribution >= 4 is 11.8 Å². The Balaban J connectivity index is 1.85. The van der Waals surface area contributed by atoms with E-state index in [9.17, 15) is 0 Å². The topological polar surface area (TPSA) is 39.2 Å². The Morgan fingerprint density at radius 2 is 1.82 bits per heavy atom. The maximum atomic E-state index is 5.56. The fraction of sp³-hybridized carbons (Fsp3) is 0.286. The number of thioether (sulfide) groups is 1. The predicted octanol–water partition coefficient (Wildman–Crippen LogP) is 3.48. The molecule has 0 bridgehead atoms. The van der Waals surface area contributed by atoms with Gasteiger partial charge in [-0.05, 0) is 30.2 Å². The van der Waals surface area contributed by atoms with Crippen molar-refractivity contribution in [3.63, 3.8) is 0 Å². The first kappa shape index (κ1) is 12.3. The van der Waals surface area contributed by atoms with Crippen LogP contribution in [-0.4, -0.2) is 0 Å². The van der Waals surface area contributed by atoms with Crippen LogP contribution in [-0.2, 0) is 18.1 Å². The lowest BCUT2D eigenvalue weighted by Gasteiger charge is -2.04. The van der Waals surface area contributed by atoms with Crippen LogP contribution >= 0.6 is 11.8 Å². The lowest BCUT2D eigenvalue weighted by atomic mass is 10.1. The van der Waals surface area contributed by atoms with Gasteiger partial charge in [0.2, 0.25) is 0 Å². The summed E-state index contributed by atoms with van der Waals surface area (Å²) in [5.41, 5.74) is 8.24. The van der Waals surface area contributed by atoms with Gasteiger partial charge in [-0.15, -0.1) is 11.8 Å². The second-order valence-electron chi connectivity index (χ2n) is 3.99. The first-order valence-corrected chi connectivity index (χ1v) is 6.85. The largest absolute Gasteiger partial charge is 0.464 e. The molecule has 1 heterocycles. The zero-order valence-electron chi connectivity index (χ0n) is 9.98. The molecule has 1 aromatic heterocycles. The zero-order valence-corrected chi connectivity index (χ0v) is 10.8. The Morgan fingerprint density at radius 3 is 2.53 bits per heavy atom. The number of aryl methyl sites for hydroxylation is 1. The predicted molar refractivity (Wildman–Crippen MR) is 72.8 cm³/mol. The molecule has 2 aromatic rings. The molecule has 90 valence electrons. The average molecular weight is 247 g/mol. The molecule has 0 fully saturated rings. The van der Waals surface area contributed by atoms with Crippen molar-refractivity contribution in [1.82, 2.24) is 0 Å². The Morgan fingerprint density at radius 1 is 1.06 bits per heavy atom. The van der Waals surface area contributed by atoms with Crippen LogP contribution in [0.15, 0.2) is 40.8 Å². The van der Waals surface area contributed by atoms with E-state index < -0.39 is 0 Å². The van der Waals surface area contributed by atoms with E-state index in [1.807, 2.05) is 23.9 Å². The molecule has 0 radical (unpaired) electrons. The summed E-state index contributed by atoms with van der Waals surface area (Å²) in [6, 6.07) is 12.4.